The van der Waals surface area contributed by atoms with Crippen molar-refractivity contribution in [3.05, 3.63) is 12.3 Å². The standard InChI is InChI=1S/C11H15N3O/c1-4-7-12-11-13-8-6-10(14-11)15-9(3)5-2/h2,6,8-9H,4,7H2,1,3H3,(H,12,13,14). The van der Waals surface area contributed by atoms with Gasteiger partial charge in [0.05, 0.1) is 0 Å². The quantitative estimate of drug-likeness (QED) is 0.743. The van der Waals surface area contributed by atoms with Gasteiger partial charge in [-0.3, -0.25) is 0 Å². The Bertz CT molecular complexity index is 346. The summed E-state index contributed by atoms with van der Waals surface area (Å²) in [5.74, 6) is 3.54. The van der Waals surface area contributed by atoms with Crippen LogP contribution in [0.15, 0.2) is 12.3 Å². The second kappa shape index (κ2) is 5.86. The minimum absolute atomic E-state index is 0.279. The minimum atomic E-state index is -0.279. The Balaban J connectivity index is 2.62. The molecule has 0 aliphatic carbocycles. The van der Waals surface area contributed by atoms with Gasteiger partial charge in [0, 0.05) is 18.8 Å². The molecule has 0 aliphatic rings. The first-order chi connectivity index (χ1) is 7.26. The van der Waals surface area contributed by atoms with Gasteiger partial charge in [-0.05, 0) is 13.3 Å². The van der Waals surface area contributed by atoms with Crippen LogP contribution in [0, 0.1) is 12.3 Å². The number of ether oxygens (including phenoxy) is 1. The summed E-state index contributed by atoms with van der Waals surface area (Å²) in [5, 5.41) is 3.07. The van der Waals surface area contributed by atoms with Crippen molar-refractivity contribution in [2.45, 2.75) is 26.4 Å². The van der Waals surface area contributed by atoms with Crippen LogP contribution in [0.25, 0.3) is 0 Å². The SMILES string of the molecule is C#CC(C)Oc1ccnc(NCCC)n1. The Hall–Kier alpha value is -1.76. The van der Waals surface area contributed by atoms with Gasteiger partial charge >= 0.3 is 0 Å². The summed E-state index contributed by atoms with van der Waals surface area (Å²) in [5.41, 5.74) is 0. The summed E-state index contributed by atoms with van der Waals surface area (Å²) in [4.78, 5) is 8.21. The van der Waals surface area contributed by atoms with E-state index in [1.54, 1.807) is 19.2 Å². The molecular formula is C11H15N3O. The maximum atomic E-state index is 5.36. The monoisotopic (exact) mass is 205 g/mol. The number of anilines is 1. The smallest absolute Gasteiger partial charge is 0.225 e. The van der Waals surface area contributed by atoms with Crippen LogP contribution in [0.3, 0.4) is 0 Å². The average Bonchev–Trinajstić information content (AvgIpc) is 2.26. The van der Waals surface area contributed by atoms with E-state index >= 15 is 0 Å². The molecule has 0 aromatic carbocycles. The number of hydrogen-bond acceptors (Lipinski definition) is 4. The van der Waals surface area contributed by atoms with Crippen LogP contribution in [0.5, 0.6) is 5.88 Å². The lowest BCUT2D eigenvalue weighted by molar-refractivity contribution is 0.268. The van der Waals surface area contributed by atoms with E-state index in [2.05, 4.69) is 28.1 Å². The van der Waals surface area contributed by atoms with Crippen molar-refractivity contribution in [1.82, 2.24) is 9.97 Å². The summed E-state index contributed by atoms with van der Waals surface area (Å²) >= 11 is 0. The third kappa shape index (κ3) is 3.86. The Morgan fingerprint density at radius 2 is 2.47 bits per heavy atom. The van der Waals surface area contributed by atoms with Crippen LogP contribution in [0.4, 0.5) is 5.95 Å². The maximum absolute atomic E-state index is 5.36. The molecule has 1 unspecified atom stereocenters. The van der Waals surface area contributed by atoms with Gasteiger partial charge in [0.25, 0.3) is 0 Å². The third-order valence-corrected chi connectivity index (χ3v) is 1.70. The highest BCUT2D eigenvalue weighted by Crippen LogP contribution is 2.09. The van der Waals surface area contributed by atoms with E-state index in [0.29, 0.717) is 11.8 Å². The van der Waals surface area contributed by atoms with Crippen molar-refractivity contribution in [1.29, 1.82) is 0 Å². The number of nitrogens with zero attached hydrogens (tertiary/aromatic N) is 2. The predicted octanol–water partition coefficient (Wildman–Crippen LogP) is 1.70. The van der Waals surface area contributed by atoms with Crippen molar-refractivity contribution in [3.63, 3.8) is 0 Å². The number of terminal acetylenes is 1. The Morgan fingerprint density at radius 3 is 3.13 bits per heavy atom. The first-order valence-corrected chi connectivity index (χ1v) is 4.96. The Labute approximate surface area is 90.1 Å². The highest BCUT2D eigenvalue weighted by Gasteiger charge is 2.02. The maximum Gasteiger partial charge on any atom is 0.225 e. The fourth-order valence-corrected chi connectivity index (χ4v) is 0.945. The molecule has 0 fully saturated rings. The van der Waals surface area contributed by atoms with Crippen molar-refractivity contribution in [2.75, 3.05) is 11.9 Å². The molecule has 4 heteroatoms. The molecule has 1 heterocycles. The topological polar surface area (TPSA) is 47.0 Å². The van der Waals surface area contributed by atoms with E-state index in [0.717, 1.165) is 13.0 Å². The number of aromatic nitrogens is 2. The molecular weight excluding hydrogens is 190 g/mol. The Kier molecular flexibility index (Phi) is 4.42. The van der Waals surface area contributed by atoms with Crippen LogP contribution >= 0.6 is 0 Å². The van der Waals surface area contributed by atoms with Gasteiger partial charge in [-0.2, -0.15) is 4.98 Å². The number of hydrogen-bond donors (Lipinski definition) is 1. The van der Waals surface area contributed by atoms with Gasteiger partial charge in [-0.1, -0.05) is 12.8 Å². The molecule has 1 aromatic heterocycles. The van der Waals surface area contributed by atoms with E-state index in [-0.39, 0.29) is 6.10 Å². The lowest BCUT2D eigenvalue weighted by Gasteiger charge is -2.08. The van der Waals surface area contributed by atoms with Gasteiger partial charge in [-0.25, -0.2) is 4.98 Å². The van der Waals surface area contributed by atoms with Crippen LogP contribution in [0.2, 0.25) is 0 Å². The van der Waals surface area contributed by atoms with Crippen LogP contribution in [-0.2, 0) is 0 Å². The first-order valence-electron chi connectivity index (χ1n) is 4.96. The fraction of sp³-hybridized carbons (Fsp3) is 0.455. The highest BCUT2D eigenvalue weighted by molar-refractivity contribution is 5.27. The lowest BCUT2D eigenvalue weighted by atomic mass is 10.4. The zero-order valence-corrected chi connectivity index (χ0v) is 9.03. The summed E-state index contributed by atoms with van der Waals surface area (Å²) in [6.45, 7) is 4.71. The van der Waals surface area contributed by atoms with E-state index < -0.39 is 0 Å². The number of nitrogens with one attached hydrogen (secondary N) is 1. The lowest BCUT2D eigenvalue weighted by Crippen LogP contribution is -2.11. The van der Waals surface area contributed by atoms with E-state index in [1.807, 2.05) is 0 Å². The predicted molar refractivity (Wildman–Crippen MR) is 59.7 cm³/mol. The van der Waals surface area contributed by atoms with Crippen molar-refractivity contribution >= 4 is 5.95 Å². The van der Waals surface area contributed by atoms with E-state index in [9.17, 15) is 0 Å². The van der Waals surface area contributed by atoms with Crippen LogP contribution in [0.1, 0.15) is 20.3 Å². The zero-order valence-electron chi connectivity index (χ0n) is 9.03. The average molecular weight is 205 g/mol. The molecule has 0 saturated carbocycles. The highest BCUT2D eigenvalue weighted by atomic mass is 16.5. The summed E-state index contributed by atoms with van der Waals surface area (Å²) in [6.07, 6.45) is 7.59. The van der Waals surface area contributed by atoms with E-state index in [1.165, 1.54) is 0 Å². The molecule has 1 rings (SSSR count). The third-order valence-electron chi connectivity index (χ3n) is 1.70. The first kappa shape index (κ1) is 11.3. The normalized spacial score (nSPS) is 11.5. The molecule has 0 saturated heterocycles. The zero-order chi connectivity index (χ0) is 11.1. The summed E-state index contributed by atoms with van der Waals surface area (Å²) in [7, 11) is 0. The van der Waals surface area contributed by atoms with Crippen molar-refractivity contribution in [3.8, 4) is 18.2 Å². The van der Waals surface area contributed by atoms with Gasteiger partial charge < -0.3 is 10.1 Å². The molecule has 0 bridgehead atoms. The molecule has 0 amide bonds. The molecule has 0 spiro atoms. The molecule has 0 aliphatic heterocycles. The molecule has 4 nitrogen and oxygen atoms in total. The largest absolute Gasteiger partial charge is 0.461 e. The Morgan fingerprint density at radius 1 is 1.67 bits per heavy atom. The molecule has 1 N–H and O–H groups in total. The minimum Gasteiger partial charge on any atom is -0.461 e. The van der Waals surface area contributed by atoms with Gasteiger partial charge in [-0.15, -0.1) is 6.42 Å². The molecule has 0 radical (unpaired) electrons. The number of rotatable bonds is 5. The van der Waals surface area contributed by atoms with Crippen molar-refractivity contribution in [2.24, 2.45) is 0 Å². The summed E-state index contributed by atoms with van der Waals surface area (Å²) in [6, 6.07) is 1.69. The second-order valence-corrected chi connectivity index (χ2v) is 3.07. The van der Waals surface area contributed by atoms with Crippen LogP contribution in [-0.4, -0.2) is 22.6 Å². The molecule has 1 aromatic rings. The van der Waals surface area contributed by atoms with Gasteiger partial charge in [0.1, 0.15) is 0 Å². The fourth-order valence-electron chi connectivity index (χ4n) is 0.945. The van der Waals surface area contributed by atoms with Gasteiger partial charge in [0.15, 0.2) is 6.10 Å². The molecule has 1 atom stereocenters. The van der Waals surface area contributed by atoms with Crippen LogP contribution < -0.4 is 10.1 Å². The summed E-state index contributed by atoms with van der Waals surface area (Å²) < 4.78 is 5.36. The molecule has 80 valence electrons. The van der Waals surface area contributed by atoms with Gasteiger partial charge in [0.2, 0.25) is 11.8 Å². The van der Waals surface area contributed by atoms with Crippen molar-refractivity contribution < 1.29 is 4.74 Å². The van der Waals surface area contributed by atoms with E-state index in [4.69, 9.17) is 11.2 Å². The molecule has 15 heavy (non-hydrogen) atoms. The second-order valence-electron chi connectivity index (χ2n) is 3.07.